The lowest BCUT2D eigenvalue weighted by Gasteiger charge is -2.15. The van der Waals surface area contributed by atoms with Crippen LogP contribution in [0.1, 0.15) is 12.0 Å². The number of rotatable bonds is 7. The van der Waals surface area contributed by atoms with Gasteiger partial charge in [-0.3, -0.25) is 4.99 Å². The molecule has 0 aliphatic rings. The van der Waals surface area contributed by atoms with E-state index in [1.165, 1.54) is 12.1 Å². The SMILES string of the molecule is CN=C(NCCCn1cnc2ccccc21)NCc1ccccc1OC(F)(F)F. The summed E-state index contributed by atoms with van der Waals surface area (Å²) in [5, 5.41) is 6.17. The first-order valence-corrected chi connectivity index (χ1v) is 9.14. The lowest BCUT2D eigenvalue weighted by Crippen LogP contribution is -2.37. The Hall–Kier alpha value is -3.23. The van der Waals surface area contributed by atoms with Gasteiger partial charge in [0.25, 0.3) is 0 Å². The Labute approximate surface area is 166 Å². The Bertz CT molecular complexity index is 968. The van der Waals surface area contributed by atoms with Crippen LogP contribution in [0, 0.1) is 0 Å². The third kappa shape index (κ3) is 5.87. The van der Waals surface area contributed by atoms with Crippen LogP contribution in [0.4, 0.5) is 13.2 Å². The number of ether oxygens (including phenoxy) is 1. The fourth-order valence-electron chi connectivity index (χ4n) is 2.92. The summed E-state index contributed by atoms with van der Waals surface area (Å²) < 4.78 is 43.7. The second kappa shape index (κ2) is 9.31. The number of fused-ring (bicyclic) bond motifs is 1. The van der Waals surface area contributed by atoms with Crippen LogP contribution >= 0.6 is 0 Å². The zero-order valence-electron chi connectivity index (χ0n) is 15.9. The maximum atomic E-state index is 12.5. The van der Waals surface area contributed by atoms with Gasteiger partial charge in [-0.1, -0.05) is 30.3 Å². The Morgan fingerprint density at radius 2 is 1.86 bits per heavy atom. The molecule has 9 heteroatoms. The molecule has 2 aromatic carbocycles. The molecule has 1 aromatic heterocycles. The summed E-state index contributed by atoms with van der Waals surface area (Å²) in [4.78, 5) is 8.46. The van der Waals surface area contributed by atoms with Crippen LogP contribution in [0.25, 0.3) is 11.0 Å². The molecule has 3 aromatic rings. The number of nitrogens with one attached hydrogen (secondary N) is 2. The molecule has 1 heterocycles. The predicted molar refractivity (Wildman–Crippen MR) is 106 cm³/mol. The Kier molecular flexibility index (Phi) is 6.58. The van der Waals surface area contributed by atoms with Crippen molar-refractivity contribution < 1.29 is 17.9 Å². The van der Waals surface area contributed by atoms with Gasteiger partial charge in [-0.25, -0.2) is 4.98 Å². The number of imidazole rings is 1. The van der Waals surface area contributed by atoms with Gasteiger partial charge in [0.2, 0.25) is 0 Å². The van der Waals surface area contributed by atoms with E-state index in [9.17, 15) is 13.2 Å². The van der Waals surface area contributed by atoms with Crippen molar-refractivity contribution in [1.29, 1.82) is 0 Å². The molecular formula is C20H22F3N5O. The van der Waals surface area contributed by atoms with Crippen LogP contribution in [0.2, 0.25) is 0 Å². The van der Waals surface area contributed by atoms with Crippen molar-refractivity contribution in [2.75, 3.05) is 13.6 Å². The molecule has 0 saturated heterocycles. The summed E-state index contributed by atoms with van der Waals surface area (Å²) in [5.41, 5.74) is 2.42. The molecule has 0 bridgehead atoms. The van der Waals surface area contributed by atoms with Crippen molar-refractivity contribution >= 4 is 17.0 Å². The molecule has 0 spiro atoms. The zero-order valence-corrected chi connectivity index (χ0v) is 15.9. The maximum absolute atomic E-state index is 12.5. The summed E-state index contributed by atoms with van der Waals surface area (Å²) >= 11 is 0. The molecule has 0 unspecified atom stereocenters. The highest BCUT2D eigenvalue weighted by Gasteiger charge is 2.31. The first-order valence-electron chi connectivity index (χ1n) is 9.14. The highest BCUT2D eigenvalue weighted by Crippen LogP contribution is 2.26. The molecular weight excluding hydrogens is 383 g/mol. The zero-order chi connectivity index (χ0) is 20.7. The molecule has 0 atom stereocenters. The fraction of sp³-hybridized carbons (Fsp3) is 0.300. The monoisotopic (exact) mass is 405 g/mol. The minimum Gasteiger partial charge on any atom is -0.405 e. The number of hydrogen-bond donors (Lipinski definition) is 2. The molecule has 3 rings (SSSR count). The molecule has 0 aliphatic heterocycles. The number of alkyl halides is 3. The van der Waals surface area contributed by atoms with Crippen LogP contribution in [-0.2, 0) is 13.1 Å². The Morgan fingerprint density at radius 3 is 2.66 bits per heavy atom. The van der Waals surface area contributed by atoms with Gasteiger partial charge in [0, 0.05) is 32.2 Å². The number of aromatic nitrogens is 2. The third-order valence-corrected chi connectivity index (χ3v) is 4.26. The lowest BCUT2D eigenvalue weighted by molar-refractivity contribution is -0.274. The van der Waals surface area contributed by atoms with Crippen molar-refractivity contribution in [1.82, 2.24) is 20.2 Å². The highest BCUT2D eigenvalue weighted by molar-refractivity contribution is 5.79. The second-order valence-corrected chi connectivity index (χ2v) is 6.29. The number of nitrogens with zero attached hydrogens (tertiary/aromatic N) is 3. The average molecular weight is 405 g/mol. The summed E-state index contributed by atoms with van der Waals surface area (Å²) in [7, 11) is 1.61. The summed E-state index contributed by atoms with van der Waals surface area (Å²) in [6.45, 7) is 1.58. The fourth-order valence-corrected chi connectivity index (χ4v) is 2.92. The van der Waals surface area contributed by atoms with E-state index in [2.05, 4.69) is 29.9 Å². The van der Waals surface area contributed by atoms with E-state index < -0.39 is 6.36 Å². The van der Waals surface area contributed by atoms with Gasteiger partial charge in [-0.2, -0.15) is 0 Å². The normalized spacial score (nSPS) is 12.2. The number of aryl methyl sites for hydroxylation is 1. The highest BCUT2D eigenvalue weighted by atomic mass is 19.4. The smallest absolute Gasteiger partial charge is 0.405 e. The number of guanidine groups is 1. The van der Waals surface area contributed by atoms with E-state index in [4.69, 9.17) is 0 Å². The van der Waals surface area contributed by atoms with Gasteiger partial charge < -0.3 is 19.9 Å². The number of para-hydroxylation sites is 3. The molecule has 6 nitrogen and oxygen atoms in total. The van der Waals surface area contributed by atoms with Crippen molar-refractivity contribution in [3.05, 3.63) is 60.4 Å². The molecule has 29 heavy (non-hydrogen) atoms. The Morgan fingerprint density at radius 1 is 1.10 bits per heavy atom. The van der Waals surface area contributed by atoms with Crippen molar-refractivity contribution in [2.24, 2.45) is 4.99 Å². The standard InChI is InChI=1S/C20H22F3N5O/c1-24-19(26-13-15-7-2-5-10-18(15)29-20(21,22)23)25-11-6-12-28-14-27-16-8-3-4-9-17(16)28/h2-5,7-10,14H,6,11-13H2,1H3,(H2,24,25,26). The maximum Gasteiger partial charge on any atom is 0.573 e. The van der Waals surface area contributed by atoms with E-state index in [0.29, 0.717) is 18.1 Å². The van der Waals surface area contributed by atoms with Crippen LogP contribution in [0.3, 0.4) is 0 Å². The topological polar surface area (TPSA) is 63.5 Å². The van der Waals surface area contributed by atoms with E-state index in [1.54, 1.807) is 19.2 Å². The van der Waals surface area contributed by atoms with Gasteiger partial charge in [-0.05, 0) is 24.6 Å². The van der Waals surface area contributed by atoms with Crippen LogP contribution < -0.4 is 15.4 Å². The average Bonchev–Trinajstić information content (AvgIpc) is 3.10. The number of halogens is 3. The van der Waals surface area contributed by atoms with E-state index in [1.807, 2.05) is 30.6 Å². The van der Waals surface area contributed by atoms with Gasteiger partial charge in [-0.15, -0.1) is 13.2 Å². The number of hydrogen-bond acceptors (Lipinski definition) is 3. The van der Waals surface area contributed by atoms with Crippen molar-refractivity contribution in [3.63, 3.8) is 0 Å². The minimum atomic E-state index is -4.73. The molecule has 0 aliphatic carbocycles. The van der Waals surface area contributed by atoms with E-state index in [-0.39, 0.29) is 12.3 Å². The van der Waals surface area contributed by atoms with Gasteiger partial charge in [0.05, 0.1) is 17.4 Å². The van der Waals surface area contributed by atoms with E-state index in [0.717, 1.165) is 24.0 Å². The molecule has 0 radical (unpaired) electrons. The van der Waals surface area contributed by atoms with Crippen molar-refractivity contribution in [3.8, 4) is 5.75 Å². The van der Waals surface area contributed by atoms with Crippen LogP contribution in [-0.4, -0.2) is 35.5 Å². The molecule has 0 amide bonds. The summed E-state index contributed by atoms with van der Waals surface area (Å²) in [6.07, 6.45) is -2.09. The number of benzene rings is 2. The first-order chi connectivity index (χ1) is 14.0. The molecule has 0 fully saturated rings. The summed E-state index contributed by atoms with van der Waals surface area (Å²) in [5.74, 6) is 0.275. The Balaban J connectivity index is 1.48. The van der Waals surface area contributed by atoms with Gasteiger partial charge >= 0.3 is 6.36 Å². The van der Waals surface area contributed by atoms with Crippen molar-refractivity contribution in [2.45, 2.75) is 25.9 Å². The van der Waals surface area contributed by atoms with E-state index >= 15 is 0 Å². The quantitative estimate of drug-likeness (QED) is 0.358. The molecule has 0 saturated carbocycles. The second-order valence-electron chi connectivity index (χ2n) is 6.29. The number of aliphatic imine (C=N–C) groups is 1. The predicted octanol–water partition coefficient (Wildman–Crippen LogP) is 3.69. The third-order valence-electron chi connectivity index (χ3n) is 4.26. The van der Waals surface area contributed by atoms with Crippen LogP contribution in [0.15, 0.2) is 59.9 Å². The van der Waals surface area contributed by atoms with Crippen LogP contribution in [0.5, 0.6) is 5.75 Å². The lowest BCUT2D eigenvalue weighted by atomic mass is 10.2. The molecule has 2 N–H and O–H groups in total. The summed E-state index contributed by atoms with van der Waals surface area (Å²) in [6, 6.07) is 13.9. The minimum absolute atomic E-state index is 0.151. The first kappa shape index (κ1) is 20.5. The molecule has 154 valence electrons. The largest absolute Gasteiger partial charge is 0.573 e. The van der Waals surface area contributed by atoms with Gasteiger partial charge in [0.1, 0.15) is 5.75 Å². The van der Waals surface area contributed by atoms with Gasteiger partial charge in [0.15, 0.2) is 5.96 Å².